The number of hydrogen-bond donors (Lipinski definition) is 0. The molecular weight excluding hydrogens is 455 g/mol. The molecule has 7 heteroatoms. The van der Waals surface area contributed by atoms with Gasteiger partial charge in [-0.1, -0.05) is 55.6 Å². The van der Waals surface area contributed by atoms with Crippen LogP contribution in [0, 0.1) is 0 Å². The van der Waals surface area contributed by atoms with Gasteiger partial charge in [-0.25, -0.2) is 0 Å². The molecule has 31 heavy (non-hydrogen) atoms. The second-order valence-corrected chi connectivity index (χ2v) is 8.34. The van der Waals surface area contributed by atoms with Crippen LogP contribution in [0.5, 0.6) is 5.75 Å². The van der Waals surface area contributed by atoms with E-state index in [1.165, 1.54) is 0 Å². The van der Waals surface area contributed by atoms with Crippen molar-refractivity contribution in [1.82, 2.24) is 9.80 Å². The molecule has 0 aliphatic carbocycles. The van der Waals surface area contributed by atoms with Crippen LogP contribution in [0.25, 0.3) is 11.1 Å². The number of ether oxygens (including phenoxy) is 1. The molecule has 3 rings (SSSR count). The van der Waals surface area contributed by atoms with Gasteiger partial charge in [0.1, 0.15) is 5.75 Å². The molecule has 4 nitrogen and oxygen atoms in total. The molecule has 1 aliphatic rings. The highest BCUT2D eigenvalue weighted by Gasteiger charge is 2.20. The monoisotopic (exact) mass is 484 g/mol. The van der Waals surface area contributed by atoms with Gasteiger partial charge in [-0.15, -0.1) is 0 Å². The standard InChI is InChI=1S/C22H25Cl3N2O2.C2H6/c1-3-22(28)27-10-8-26(9-11-27)7-6-15-12-17(20(25)14-21(15)29-2)18-13-16(23)4-5-19(18)24;1-2/h4-5,12-14H,3,6-11H2,1-2H3;1-2H3. The van der Waals surface area contributed by atoms with Crippen LogP contribution in [0.2, 0.25) is 15.1 Å². The second-order valence-electron chi connectivity index (χ2n) is 7.09. The predicted octanol–water partition coefficient (Wildman–Crippen LogP) is 6.45. The van der Waals surface area contributed by atoms with Crippen LogP contribution < -0.4 is 4.74 Å². The number of carbonyl (C=O) groups is 1. The Labute approximate surface area is 201 Å². The molecule has 0 spiro atoms. The Morgan fingerprint density at radius 3 is 2.23 bits per heavy atom. The van der Waals surface area contributed by atoms with Crippen LogP contribution in [0.3, 0.4) is 0 Å². The van der Waals surface area contributed by atoms with Crippen LogP contribution >= 0.6 is 34.8 Å². The fraction of sp³-hybridized carbons (Fsp3) is 0.458. The highest BCUT2D eigenvalue weighted by molar-refractivity contribution is 6.37. The van der Waals surface area contributed by atoms with Gasteiger partial charge in [0, 0.05) is 60.3 Å². The molecule has 1 aliphatic heterocycles. The van der Waals surface area contributed by atoms with Gasteiger partial charge in [-0.3, -0.25) is 9.69 Å². The highest BCUT2D eigenvalue weighted by Crippen LogP contribution is 2.38. The third kappa shape index (κ3) is 6.76. The Hall–Kier alpha value is -1.46. The van der Waals surface area contributed by atoms with E-state index in [-0.39, 0.29) is 5.91 Å². The molecule has 0 radical (unpaired) electrons. The smallest absolute Gasteiger partial charge is 0.222 e. The average Bonchev–Trinajstić information content (AvgIpc) is 2.80. The van der Waals surface area contributed by atoms with E-state index in [0.29, 0.717) is 21.5 Å². The molecule has 170 valence electrons. The molecule has 1 saturated heterocycles. The molecule has 0 unspecified atom stereocenters. The number of carbonyl (C=O) groups excluding carboxylic acids is 1. The Bertz CT molecular complexity index is 881. The summed E-state index contributed by atoms with van der Waals surface area (Å²) in [6.07, 6.45) is 1.38. The van der Waals surface area contributed by atoms with Crippen molar-refractivity contribution in [1.29, 1.82) is 0 Å². The summed E-state index contributed by atoms with van der Waals surface area (Å²) in [5.41, 5.74) is 2.71. The van der Waals surface area contributed by atoms with Crippen molar-refractivity contribution in [3.63, 3.8) is 0 Å². The van der Waals surface area contributed by atoms with Crippen molar-refractivity contribution in [2.24, 2.45) is 0 Å². The molecule has 1 heterocycles. The van der Waals surface area contributed by atoms with E-state index in [9.17, 15) is 4.79 Å². The van der Waals surface area contributed by atoms with E-state index in [1.54, 1.807) is 19.2 Å². The Morgan fingerprint density at radius 1 is 0.968 bits per heavy atom. The van der Waals surface area contributed by atoms with Crippen molar-refractivity contribution in [3.8, 4) is 16.9 Å². The third-order valence-electron chi connectivity index (χ3n) is 5.31. The highest BCUT2D eigenvalue weighted by atomic mass is 35.5. The molecule has 0 N–H and O–H groups in total. The zero-order chi connectivity index (χ0) is 23.0. The minimum atomic E-state index is 0.229. The lowest BCUT2D eigenvalue weighted by molar-refractivity contribution is -0.132. The molecule has 0 saturated carbocycles. The second kappa shape index (κ2) is 12.5. The van der Waals surface area contributed by atoms with Crippen molar-refractivity contribution >= 4 is 40.7 Å². The van der Waals surface area contributed by atoms with Crippen molar-refractivity contribution in [2.75, 3.05) is 39.8 Å². The molecule has 2 aromatic rings. The zero-order valence-corrected chi connectivity index (χ0v) is 20.9. The van der Waals surface area contributed by atoms with E-state index in [2.05, 4.69) is 4.90 Å². The summed E-state index contributed by atoms with van der Waals surface area (Å²) in [6, 6.07) is 9.23. The van der Waals surface area contributed by atoms with Crippen LogP contribution in [0.15, 0.2) is 30.3 Å². The number of piperazine rings is 1. The van der Waals surface area contributed by atoms with Crippen LogP contribution in [-0.2, 0) is 11.2 Å². The summed E-state index contributed by atoms with van der Waals surface area (Å²) >= 11 is 19.1. The normalized spacial score (nSPS) is 14.1. The first-order chi connectivity index (χ1) is 14.9. The molecule has 1 fully saturated rings. The number of rotatable bonds is 6. The van der Waals surface area contributed by atoms with Gasteiger partial charge in [0.15, 0.2) is 0 Å². The topological polar surface area (TPSA) is 32.8 Å². The van der Waals surface area contributed by atoms with E-state index in [4.69, 9.17) is 39.5 Å². The minimum Gasteiger partial charge on any atom is -0.496 e. The maximum Gasteiger partial charge on any atom is 0.222 e. The molecule has 0 bridgehead atoms. The lowest BCUT2D eigenvalue weighted by Gasteiger charge is -2.34. The average molecular weight is 486 g/mol. The van der Waals surface area contributed by atoms with Gasteiger partial charge < -0.3 is 9.64 Å². The molecule has 0 atom stereocenters. The van der Waals surface area contributed by atoms with Gasteiger partial charge in [-0.05, 0) is 42.3 Å². The largest absolute Gasteiger partial charge is 0.496 e. The third-order valence-corrected chi connectivity index (χ3v) is 6.19. The first-order valence-corrected chi connectivity index (χ1v) is 11.9. The molecule has 2 aromatic carbocycles. The lowest BCUT2D eigenvalue weighted by atomic mass is 10.00. The Kier molecular flexibility index (Phi) is 10.4. The number of hydrogen-bond acceptors (Lipinski definition) is 3. The van der Waals surface area contributed by atoms with Gasteiger partial charge in [0.2, 0.25) is 5.91 Å². The van der Waals surface area contributed by atoms with Crippen LogP contribution in [-0.4, -0.2) is 55.5 Å². The fourth-order valence-electron chi connectivity index (χ4n) is 3.62. The Morgan fingerprint density at radius 2 is 1.61 bits per heavy atom. The van der Waals surface area contributed by atoms with Gasteiger partial charge in [0.05, 0.1) is 12.1 Å². The maximum atomic E-state index is 11.9. The summed E-state index contributed by atoms with van der Waals surface area (Å²) in [4.78, 5) is 16.2. The number of nitrogens with zero attached hydrogens (tertiary/aromatic N) is 2. The summed E-state index contributed by atoms with van der Waals surface area (Å²) in [6.45, 7) is 10.1. The molecule has 0 aromatic heterocycles. The fourth-order valence-corrected chi connectivity index (χ4v) is 4.27. The summed E-state index contributed by atoms with van der Waals surface area (Å²) < 4.78 is 5.56. The van der Waals surface area contributed by atoms with Crippen molar-refractivity contribution in [3.05, 3.63) is 51.0 Å². The SMILES string of the molecule is CC.CCC(=O)N1CCN(CCc2cc(-c3cc(Cl)ccc3Cl)c(Cl)cc2OC)CC1. The maximum absolute atomic E-state index is 11.9. The minimum absolute atomic E-state index is 0.229. The summed E-state index contributed by atoms with van der Waals surface area (Å²) in [7, 11) is 1.65. The zero-order valence-electron chi connectivity index (χ0n) is 18.7. The molecular formula is C24H31Cl3N2O2. The van der Waals surface area contributed by atoms with Crippen molar-refractivity contribution < 1.29 is 9.53 Å². The number of amides is 1. The molecule has 1 amide bonds. The van der Waals surface area contributed by atoms with E-state index in [1.807, 2.05) is 43.9 Å². The first kappa shape index (κ1) is 25.8. The van der Waals surface area contributed by atoms with Gasteiger partial charge in [0.25, 0.3) is 0 Å². The number of halogens is 3. The quantitative estimate of drug-likeness (QED) is 0.471. The number of methoxy groups -OCH3 is 1. The van der Waals surface area contributed by atoms with E-state index in [0.717, 1.165) is 61.6 Å². The lowest BCUT2D eigenvalue weighted by Crippen LogP contribution is -2.48. The van der Waals surface area contributed by atoms with Crippen LogP contribution in [0.1, 0.15) is 32.8 Å². The van der Waals surface area contributed by atoms with Crippen LogP contribution in [0.4, 0.5) is 0 Å². The van der Waals surface area contributed by atoms with Gasteiger partial charge >= 0.3 is 0 Å². The van der Waals surface area contributed by atoms with E-state index < -0.39 is 0 Å². The number of benzene rings is 2. The Balaban J connectivity index is 0.00000166. The predicted molar refractivity (Wildman–Crippen MR) is 132 cm³/mol. The summed E-state index contributed by atoms with van der Waals surface area (Å²) in [5.74, 6) is 0.990. The van der Waals surface area contributed by atoms with Gasteiger partial charge in [-0.2, -0.15) is 0 Å². The first-order valence-electron chi connectivity index (χ1n) is 10.7. The van der Waals surface area contributed by atoms with E-state index >= 15 is 0 Å². The van der Waals surface area contributed by atoms with Crippen molar-refractivity contribution in [2.45, 2.75) is 33.6 Å². The summed E-state index contributed by atoms with van der Waals surface area (Å²) in [5, 5.41) is 1.78.